The van der Waals surface area contributed by atoms with E-state index < -0.39 is 6.10 Å². The largest absolute Gasteiger partial charge is 0.462 e. The average Bonchev–Trinajstić information content (AvgIpc) is 3.22. The number of hydrogen-bond acceptors (Lipinski definition) is 6. The van der Waals surface area contributed by atoms with Crippen LogP contribution in [-0.4, -0.2) is 37.2 Å². The van der Waals surface area contributed by atoms with E-state index in [0.717, 1.165) is 96.3 Å². The molecule has 0 N–H and O–H groups in total. The van der Waals surface area contributed by atoms with E-state index in [2.05, 4.69) is 57.2 Å². The Kier molecular flexibility index (Phi) is 45.4. The first-order valence-electron chi connectivity index (χ1n) is 25.0. The van der Waals surface area contributed by atoms with Crippen LogP contribution >= 0.6 is 0 Å². The van der Waals surface area contributed by atoms with Crippen LogP contribution in [0.3, 0.4) is 0 Å². The minimum absolute atomic E-state index is 0.0753. The van der Waals surface area contributed by atoms with Crippen molar-refractivity contribution in [2.45, 2.75) is 264 Å². The van der Waals surface area contributed by atoms with Gasteiger partial charge in [-0.05, 0) is 51.4 Å². The summed E-state index contributed by atoms with van der Waals surface area (Å²) in [6.07, 6.45) is 54.1. The highest BCUT2D eigenvalue weighted by Gasteiger charge is 2.19. The van der Waals surface area contributed by atoms with Gasteiger partial charge >= 0.3 is 17.9 Å². The first-order chi connectivity index (χ1) is 28.5. The standard InChI is InChI=1S/C52H94O6/c1-4-7-10-13-16-19-22-25-26-28-31-34-37-40-43-46-52(55)58-49(47-56-50(53)44-41-38-35-32-29-24-21-18-15-12-9-6-3)48-57-51(54)45-42-39-36-33-30-27-23-20-17-14-11-8-5-2/h7,10,16,19,25-26,49H,4-6,8-9,11-15,17-18,20-24,27-48H2,1-3H3. The van der Waals surface area contributed by atoms with Gasteiger partial charge in [-0.15, -0.1) is 0 Å². The lowest BCUT2D eigenvalue weighted by Crippen LogP contribution is -2.30. The summed E-state index contributed by atoms with van der Waals surface area (Å²) in [5.74, 6) is -0.883. The van der Waals surface area contributed by atoms with E-state index in [4.69, 9.17) is 14.2 Å². The molecule has 0 aromatic heterocycles. The van der Waals surface area contributed by atoms with Gasteiger partial charge in [0.1, 0.15) is 13.2 Å². The number of esters is 3. The highest BCUT2D eigenvalue weighted by atomic mass is 16.6. The Balaban J connectivity index is 4.38. The second-order valence-corrected chi connectivity index (χ2v) is 16.7. The van der Waals surface area contributed by atoms with Crippen molar-refractivity contribution in [2.75, 3.05) is 13.2 Å². The smallest absolute Gasteiger partial charge is 0.306 e. The van der Waals surface area contributed by atoms with Gasteiger partial charge in [0, 0.05) is 19.3 Å². The van der Waals surface area contributed by atoms with Crippen LogP contribution in [0.5, 0.6) is 0 Å². The number of carbonyl (C=O) groups is 3. The molecular formula is C52H94O6. The Hall–Kier alpha value is -2.37. The predicted molar refractivity (Wildman–Crippen MR) is 247 cm³/mol. The van der Waals surface area contributed by atoms with Gasteiger partial charge in [0.25, 0.3) is 0 Å². The lowest BCUT2D eigenvalue weighted by Gasteiger charge is -2.18. The molecule has 0 aliphatic rings. The molecule has 0 aliphatic carbocycles. The summed E-state index contributed by atoms with van der Waals surface area (Å²) in [6.45, 7) is 6.52. The molecule has 0 saturated heterocycles. The van der Waals surface area contributed by atoms with Gasteiger partial charge in [-0.2, -0.15) is 0 Å². The van der Waals surface area contributed by atoms with Crippen LogP contribution in [0.15, 0.2) is 36.5 Å². The molecular weight excluding hydrogens is 721 g/mol. The van der Waals surface area contributed by atoms with Crippen molar-refractivity contribution in [1.82, 2.24) is 0 Å². The first-order valence-corrected chi connectivity index (χ1v) is 25.0. The molecule has 0 aromatic carbocycles. The van der Waals surface area contributed by atoms with Crippen LogP contribution in [0, 0.1) is 0 Å². The predicted octanol–water partition coefficient (Wildman–Crippen LogP) is 16.1. The van der Waals surface area contributed by atoms with Crippen molar-refractivity contribution in [2.24, 2.45) is 0 Å². The number of hydrogen-bond donors (Lipinski definition) is 0. The Bertz CT molecular complexity index is 984. The Morgan fingerprint density at radius 3 is 1.05 bits per heavy atom. The van der Waals surface area contributed by atoms with Crippen molar-refractivity contribution >= 4 is 17.9 Å². The number of rotatable bonds is 45. The number of unbranched alkanes of at least 4 members (excludes halogenated alkanes) is 28. The molecule has 0 amide bonds. The minimum atomic E-state index is -0.775. The fourth-order valence-electron chi connectivity index (χ4n) is 7.16. The minimum Gasteiger partial charge on any atom is -0.462 e. The molecule has 0 bridgehead atoms. The normalized spacial score (nSPS) is 12.3. The molecule has 0 spiro atoms. The van der Waals surface area contributed by atoms with Crippen LogP contribution in [-0.2, 0) is 28.6 Å². The highest BCUT2D eigenvalue weighted by Crippen LogP contribution is 2.15. The molecule has 338 valence electrons. The lowest BCUT2D eigenvalue weighted by atomic mass is 10.0. The molecule has 0 heterocycles. The quantitative estimate of drug-likeness (QED) is 0.0264. The summed E-state index contributed by atoms with van der Waals surface area (Å²) in [5, 5.41) is 0. The SMILES string of the molecule is CCC=CCC=CCC=CCCCCCCCC(=O)OC(COC(=O)CCCCCCCCCCCCCC)COC(=O)CCCCCCCCCCCCCCC. The summed E-state index contributed by atoms with van der Waals surface area (Å²) < 4.78 is 16.8. The summed E-state index contributed by atoms with van der Waals surface area (Å²) >= 11 is 0. The van der Waals surface area contributed by atoms with Crippen LogP contribution in [0.2, 0.25) is 0 Å². The molecule has 0 fully saturated rings. The van der Waals surface area contributed by atoms with E-state index in [-0.39, 0.29) is 31.1 Å². The van der Waals surface area contributed by atoms with E-state index in [9.17, 15) is 14.4 Å². The van der Waals surface area contributed by atoms with Crippen molar-refractivity contribution in [1.29, 1.82) is 0 Å². The summed E-state index contributed by atoms with van der Waals surface area (Å²) in [7, 11) is 0. The fraction of sp³-hybridized carbons (Fsp3) is 0.827. The molecule has 0 aliphatic heterocycles. The highest BCUT2D eigenvalue weighted by molar-refractivity contribution is 5.71. The average molecular weight is 815 g/mol. The number of carbonyl (C=O) groups excluding carboxylic acids is 3. The van der Waals surface area contributed by atoms with Gasteiger partial charge in [0.05, 0.1) is 0 Å². The van der Waals surface area contributed by atoms with Gasteiger partial charge in [-0.1, -0.05) is 224 Å². The van der Waals surface area contributed by atoms with Crippen LogP contribution in [0.1, 0.15) is 258 Å². The third kappa shape index (κ3) is 44.7. The zero-order valence-corrected chi connectivity index (χ0v) is 38.6. The van der Waals surface area contributed by atoms with E-state index in [0.29, 0.717) is 19.3 Å². The van der Waals surface area contributed by atoms with Gasteiger partial charge in [0.15, 0.2) is 6.10 Å². The van der Waals surface area contributed by atoms with E-state index in [1.807, 2.05) is 0 Å². The topological polar surface area (TPSA) is 78.9 Å². The van der Waals surface area contributed by atoms with Crippen LogP contribution in [0.25, 0.3) is 0 Å². The third-order valence-electron chi connectivity index (χ3n) is 10.9. The molecule has 1 atom stereocenters. The second kappa shape index (κ2) is 47.3. The van der Waals surface area contributed by atoms with Crippen LogP contribution in [0.4, 0.5) is 0 Å². The van der Waals surface area contributed by atoms with E-state index in [1.54, 1.807) is 0 Å². The second-order valence-electron chi connectivity index (χ2n) is 16.7. The van der Waals surface area contributed by atoms with Gasteiger partial charge < -0.3 is 14.2 Å². The molecule has 1 unspecified atom stereocenters. The lowest BCUT2D eigenvalue weighted by molar-refractivity contribution is -0.167. The van der Waals surface area contributed by atoms with Crippen molar-refractivity contribution in [3.05, 3.63) is 36.5 Å². The molecule has 0 rings (SSSR count). The Labute approximate surface area is 359 Å². The Morgan fingerprint density at radius 2 is 0.672 bits per heavy atom. The maximum Gasteiger partial charge on any atom is 0.306 e. The number of ether oxygens (including phenoxy) is 3. The van der Waals surface area contributed by atoms with Gasteiger partial charge in [-0.25, -0.2) is 0 Å². The van der Waals surface area contributed by atoms with Crippen molar-refractivity contribution in [3.63, 3.8) is 0 Å². The molecule has 0 saturated carbocycles. The maximum atomic E-state index is 12.8. The molecule has 6 nitrogen and oxygen atoms in total. The number of allylic oxidation sites excluding steroid dienone is 6. The zero-order chi connectivity index (χ0) is 42.3. The first kappa shape index (κ1) is 55.6. The molecule has 0 aromatic rings. The van der Waals surface area contributed by atoms with Crippen molar-refractivity contribution in [3.8, 4) is 0 Å². The molecule has 0 radical (unpaired) electrons. The monoisotopic (exact) mass is 815 g/mol. The van der Waals surface area contributed by atoms with Crippen molar-refractivity contribution < 1.29 is 28.6 Å². The maximum absolute atomic E-state index is 12.8. The van der Waals surface area contributed by atoms with Gasteiger partial charge in [-0.3, -0.25) is 14.4 Å². The van der Waals surface area contributed by atoms with Gasteiger partial charge in [0.2, 0.25) is 0 Å². The fourth-order valence-corrected chi connectivity index (χ4v) is 7.16. The summed E-state index contributed by atoms with van der Waals surface area (Å²) in [6, 6.07) is 0. The van der Waals surface area contributed by atoms with E-state index >= 15 is 0 Å². The third-order valence-corrected chi connectivity index (χ3v) is 10.9. The zero-order valence-electron chi connectivity index (χ0n) is 38.6. The Morgan fingerprint density at radius 1 is 0.362 bits per heavy atom. The molecule has 6 heteroatoms. The van der Waals surface area contributed by atoms with E-state index in [1.165, 1.54) is 122 Å². The summed E-state index contributed by atoms with van der Waals surface area (Å²) in [4.78, 5) is 37.9. The van der Waals surface area contributed by atoms with Crippen LogP contribution < -0.4 is 0 Å². The molecule has 58 heavy (non-hydrogen) atoms. The summed E-state index contributed by atoms with van der Waals surface area (Å²) in [5.41, 5.74) is 0.